The molecule has 98 valence electrons. The van der Waals surface area contributed by atoms with E-state index in [1.165, 1.54) is 13.3 Å². The molecule has 0 saturated heterocycles. The Morgan fingerprint density at radius 1 is 1.33 bits per heavy atom. The zero-order valence-corrected chi connectivity index (χ0v) is 11.0. The van der Waals surface area contributed by atoms with Crippen LogP contribution in [0.5, 0.6) is 5.75 Å². The van der Waals surface area contributed by atoms with Crippen molar-refractivity contribution < 1.29 is 13.5 Å². The summed E-state index contributed by atoms with van der Waals surface area (Å²) in [7, 11) is 1.51. The average molecular weight is 253 g/mol. The zero-order chi connectivity index (χ0) is 13.5. The summed E-state index contributed by atoms with van der Waals surface area (Å²) in [5.74, 6) is -2.47. The molecule has 1 aromatic rings. The highest BCUT2D eigenvalue weighted by Gasteiger charge is 2.38. The normalized spacial score (nSPS) is 16.4. The number of methoxy groups -OCH3 is 1. The number of allylic oxidation sites excluding steroid dienone is 1. The van der Waals surface area contributed by atoms with Crippen LogP contribution in [0.3, 0.4) is 0 Å². The number of nitrogens with one attached hydrogen (secondary N) is 1. The number of anilines is 1. The molecule has 18 heavy (non-hydrogen) atoms. The number of hydrogen-bond acceptors (Lipinski definition) is 2. The van der Waals surface area contributed by atoms with Crippen LogP contribution in [0.1, 0.15) is 36.5 Å². The molecule has 0 amide bonds. The molecule has 0 atom stereocenters. The van der Waals surface area contributed by atoms with Gasteiger partial charge in [0, 0.05) is 17.8 Å². The summed E-state index contributed by atoms with van der Waals surface area (Å²) in [6.07, 6.45) is 2.19. The quantitative estimate of drug-likeness (QED) is 0.854. The first-order chi connectivity index (χ1) is 8.38. The van der Waals surface area contributed by atoms with Crippen LogP contribution < -0.4 is 10.1 Å². The highest BCUT2D eigenvalue weighted by atomic mass is 19.3. The predicted molar refractivity (Wildman–Crippen MR) is 68.5 cm³/mol. The Morgan fingerprint density at radius 2 is 2.00 bits per heavy atom. The van der Waals surface area contributed by atoms with Gasteiger partial charge in [-0.3, -0.25) is 0 Å². The predicted octanol–water partition coefficient (Wildman–Crippen LogP) is 4.16. The first kappa shape index (κ1) is 12.9. The smallest absolute Gasteiger partial charge is 0.295 e. The van der Waals surface area contributed by atoms with Crippen molar-refractivity contribution in [2.24, 2.45) is 0 Å². The second-order valence-electron chi connectivity index (χ2n) is 4.81. The molecule has 1 aromatic carbocycles. The fourth-order valence-electron chi connectivity index (χ4n) is 2.39. The Morgan fingerprint density at radius 3 is 2.56 bits per heavy atom. The van der Waals surface area contributed by atoms with Crippen molar-refractivity contribution in [3.63, 3.8) is 0 Å². The van der Waals surface area contributed by atoms with Crippen LogP contribution in [0.4, 0.5) is 14.5 Å². The second-order valence-corrected chi connectivity index (χ2v) is 4.81. The summed E-state index contributed by atoms with van der Waals surface area (Å²) < 4.78 is 33.5. The minimum absolute atomic E-state index is 0.0338. The summed E-state index contributed by atoms with van der Waals surface area (Å²) in [6.45, 7) is 5.58. The van der Waals surface area contributed by atoms with Gasteiger partial charge in [0.1, 0.15) is 5.75 Å². The molecule has 0 aliphatic carbocycles. The van der Waals surface area contributed by atoms with Gasteiger partial charge >= 0.3 is 0 Å². The maximum absolute atomic E-state index is 14.1. The molecule has 1 N–H and O–H groups in total. The van der Waals surface area contributed by atoms with Gasteiger partial charge in [0.15, 0.2) is 0 Å². The van der Waals surface area contributed by atoms with Crippen LogP contribution >= 0.6 is 0 Å². The molecule has 2 nitrogen and oxygen atoms in total. The molecular weight excluding hydrogens is 236 g/mol. The molecule has 0 aromatic heterocycles. The number of hydrogen-bond donors (Lipinski definition) is 1. The van der Waals surface area contributed by atoms with E-state index in [-0.39, 0.29) is 11.5 Å². The number of aryl methyl sites for hydroxylation is 1. The molecule has 2 rings (SSSR count). The van der Waals surface area contributed by atoms with E-state index in [4.69, 9.17) is 4.74 Å². The lowest BCUT2D eigenvalue weighted by Crippen LogP contribution is -2.21. The summed E-state index contributed by atoms with van der Waals surface area (Å²) in [5.41, 5.74) is 1.86. The van der Waals surface area contributed by atoms with Crippen molar-refractivity contribution in [3.05, 3.63) is 35.0 Å². The first-order valence-electron chi connectivity index (χ1n) is 5.92. The summed E-state index contributed by atoms with van der Waals surface area (Å²) in [4.78, 5) is 0. The Labute approximate surface area is 106 Å². The number of fused-ring (bicyclic) bond motifs is 1. The SMILES string of the molecule is COc1cc(C)c2c(c1C(C)C)C(F)(F)C=CN2. The van der Waals surface area contributed by atoms with Gasteiger partial charge in [-0.1, -0.05) is 13.8 Å². The van der Waals surface area contributed by atoms with Gasteiger partial charge in [0.2, 0.25) is 0 Å². The van der Waals surface area contributed by atoms with Gasteiger partial charge in [-0.2, -0.15) is 8.78 Å². The van der Waals surface area contributed by atoms with Crippen LogP contribution in [0.25, 0.3) is 0 Å². The third kappa shape index (κ3) is 1.85. The lowest BCUT2D eigenvalue weighted by molar-refractivity contribution is 0.0500. The van der Waals surface area contributed by atoms with Crippen LogP contribution in [0, 0.1) is 6.92 Å². The molecule has 0 unspecified atom stereocenters. The van der Waals surface area contributed by atoms with Crippen molar-refractivity contribution in [1.82, 2.24) is 0 Å². The Bertz CT molecular complexity index is 507. The third-order valence-corrected chi connectivity index (χ3v) is 3.18. The van der Waals surface area contributed by atoms with Crippen molar-refractivity contribution >= 4 is 5.69 Å². The maximum Gasteiger partial charge on any atom is 0.295 e. The number of halogens is 2. The molecule has 1 aliphatic rings. The van der Waals surface area contributed by atoms with E-state index in [2.05, 4.69) is 5.32 Å². The minimum atomic E-state index is -2.96. The number of alkyl halides is 2. The Kier molecular flexibility index (Phi) is 3.05. The summed E-state index contributed by atoms with van der Waals surface area (Å²) in [6, 6.07) is 1.80. The zero-order valence-electron chi connectivity index (χ0n) is 11.0. The van der Waals surface area contributed by atoms with Gasteiger partial charge in [0.05, 0.1) is 18.4 Å². The van der Waals surface area contributed by atoms with E-state index in [1.54, 1.807) is 13.0 Å². The lowest BCUT2D eigenvalue weighted by Gasteiger charge is -2.28. The number of benzene rings is 1. The summed E-state index contributed by atoms with van der Waals surface area (Å²) in [5, 5.41) is 2.92. The first-order valence-corrected chi connectivity index (χ1v) is 5.92. The highest BCUT2D eigenvalue weighted by molar-refractivity contribution is 5.70. The van der Waals surface area contributed by atoms with Crippen LogP contribution in [-0.2, 0) is 5.92 Å². The van der Waals surface area contributed by atoms with E-state index in [9.17, 15) is 8.78 Å². The number of ether oxygens (including phenoxy) is 1. The van der Waals surface area contributed by atoms with E-state index in [0.717, 1.165) is 11.6 Å². The maximum atomic E-state index is 14.1. The molecule has 0 bridgehead atoms. The monoisotopic (exact) mass is 253 g/mol. The molecule has 0 spiro atoms. The summed E-state index contributed by atoms with van der Waals surface area (Å²) >= 11 is 0. The van der Waals surface area contributed by atoms with Crippen molar-refractivity contribution in [2.45, 2.75) is 32.6 Å². The van der Waals surface area contributed by atoms with Gasteiger partial charge in [0.25, 0.3) is 5.92 Å². The van der Waals surface area contributed by atoms with Crippen LogP contribution in [0.15, 0.2) is 18.3 Å². The van der Waals surface area contributed by atoms with Crippen LogP contribution in [0.2, 0.25) is 0 Å². The Balaban J connectivity index is 2.81. The second kappa shape index (κ2) is 4.26. The molecule has 1 aliphatic heterocycles. The highest BCUT2D eigenvalue weighted by Crippen LogP contribution is 2.47. The van der Waals surface area contributed by atoms with E-state index in [1.807, 2.05) is 13.8 Å². The van der Waals surface area contributed by atoms with Gasteiger partial charge in [-0.25, -0.2) is 0 Å². The van der Waals surface area contributed by atoms with Crippen molar-refractivity contribution in [1.29, 1.82) is 0 Å². The third-order valence-electron chi connectivity index (χ3n) is 3.18. The van der Waals surface area contributed by atoms with E-state index in [0.29, 0.717) is 17.0 Å². The van der Waals surface area contributed by atoms with Crippen LogP contribution in [-0.4, -0.2) is 7.11 Å². The molecule has 0 saturated carbocycles. The largest absolute Gasteiger partial charge is 0.496 e. The number of rotatable bonds is 2. The van der Waals surface area contributed by atoms with Gasteiger partial charge in [-0.05, 0) is 24.5 Å². The van der Waals surface area contributed by atoms with E-state index >= 15 is 0 Å². The fraction of sp³-hybridized carbons (Fsp3) is 0.429. The van der Waals surface area contributed by atoms with Gasteiger partial charge in [-0.15, -0.1) is 0 Å². The topological polar surface area (TPSA) is 21.3 Å². The average Bonchev–Trinajstić information content (AvgIpc) is 2.28. The lowest BCUT2D eigenvalue weighted by atomic mass is 9.87. The standard InChI is InChI=1S/C14H17F2NO/c1-8(2)11-10(18-4)7-9(3)13-12(11)14(15,16)5-6-17-13/h5-8,17H,1-4H3. The minimum Gasteiger partial charge on any atom is -0.496 e. The molecule has 4 heteroatoms. The van der Waals surface area contributed by atoms with Crippen molar-refractivity contribution in [2.75, 3.05) is 12.4 Å². The van der Waals surface area contributed by atoms with Gasteiger partial charge < -0.3 is 10.1 Å². The molecule has 0 radical (unpaired) electrons. The van der Waals surface area contributed by atoms with Crippen molar-refractivity contribution in [3.8, 4) is 5.75 Å². The molecule has 1 heterocycles. The molecular formula is C14H17F2NO. The fourth-order valence-corrected chi connectivity index (χ4v) is 2.39. The molecule has 0 fully saturated rings. The Hall–Kier alpha value is -1.58. The van der Waals surface area contributed by atoms with E-state index < -0.39 is 5.92 Å².